The highest BCUT2D eigenvalue weighted by Gasteiger charge is 2.64. The first kappa shape index (κ1) is 25.4. The molecule has 2 atom stereocenters. The number of hydrogen-bond donors (Lipinski definition) is 4. The Bertz CT molecular complexity index is 833. The van der Waals surface area contributed by atoms with Gasteiger partial charge in [0.05, 0.1) is 0 Å². The highest BCUT2D eigenvalue weighted by molar-refractivity contribution is 7.70. The topological polar surface area (TPSA) is 177 Å². The average molecular weight is 443 g/mol. The van der Waals surface area contributed by atoms with Crippen LogP contribution >= 0.6 is 0 Å². The number of rotatable bonds is 13. The predicted octanol–water partition coefficient (Wildman–Crippen LogP) is -0.749. The molecule has 0 heterocycles. The summed E-state index contributed by atoms with van der Waals surface area (Å²) in [6, 6.07) is 8.39. The lowest BCUT2D eigenvalue weighted by Gasteiger charge is -2.41. The maximum atomic E-state index is 13.0. The number of hydrogen-bond acceptors (Lipinski definition) is 10. The van der Waals surface area contributed by atoms with E-state index in [1.807, 2.05) is 6.92 Å². The van der Waals surface area contributed by atoms with Crippen LogP contribution in [0.5, 0.6) is 0 Å². The molecule has 5 N–H and O–H groups in total. The van der Waals surface area contributed by atoms with Gasteiger partial charge in [-0.25, -0.2) is 22.8 Å². The van der Waals surface area contributed by atoms with Gasteiger partial charge in [0.2, 0.25) is 10.9 Å². The molecular weight excluding hydrogens is 418 g/mol. The molecule has 0 aromatic heterocycles. The zero-order valence-corrected chi connectivity index (χ0v) is 17.3. The maximum absolute atomic E-state index is 13.0. The van der Waals surface area contributed by atoms with Crippen molar-refractivity contribution in [2.75, 3.05) is 6.61 Å². The number of benzene rings is 1. The third kappa shape index (κ3) is 6.20. The summed E-state index contributed by atoms with van der Waals surface area (Å²) in [6.45, 7) is 1.46. The quantitative estimate of drug-likeness (QED) is 0.0577. The van der Waals surface area contributed by atoms with E-state index < -0.39 is 40.5 Å². The van der Waals surface area contributed by atoms with Gasteiger partial charge >= 0.3 is 11.9 Å². The number of nitrogens with two attached hydrogens (primary N) is 2. The second-order valence-electron chi connectivity index (χ2n) is 6.20. The Morgan fingerprint density at radius 1 is 1.23 bits per heavy atom. The highest BCUT2D eigenvalue weighted by Crippen LogP contribution is 2.30. The van der Waals surface area contributed by atoms with E-state index in [9.17, 15) is 22.8 Å². The second kappa shape index (κ2) is 12.2. The number of nitrogens with one attached hydrogen (secondary N) is 1. The fraction of sp³-hybridized carbons (Fsp3) is 0.444. The first-order chi connectivity index (χ1) is 14.3. The average Bonchev–Trinajstić information content (AvgIpc) is 2.74. The standard InChI is InChI=1S/C18H25N3O8S/c1-2-3-12-28-17(19,10-7-11-22)18(16(24)29-20,21-30(25)26)15(23)27-13-14-8-5-4-6-9-14/h4-9,30H,2-3,10,12-13,19-20H2,1H3,(H,21,25,26)/t17?,18-/m0/s1. The molecule has 1 rings (SSSR count). The van der Waals surface area contributed by atoms with Crippen LogP contribution in [-0.4, -0.2) is 44.2 Å². The van der Waals surface area contributed by atoms with E-state index in [1.54, 1.807) is 35.1 Å². The van der Waals surface area contributed by atoms with Crippen LogP contribution in [0.25, 0.3) is 0 Å². The van der Waals surface area contributed by atoms with Crippen LogP contribution in [0.15, 0.2) is 36.4 Å². The summed E-state index contributed by atoms with van der Waals surface area (Å²) in [4.78, 5) is 40.6. The highest BCUT2D eigenvalue weighted by atomic mass is 32.2. The molecule has 12 heteroatoms. The molecule has 30 heavy (non-hydrogen) atoms. The van der Waals surface area contributed by atoms with Crippen LogP contribution in [0.3, 0.4) is 0 Å². The van der Waals surface area contributed by atoms with Crippen LogP contribution < -0.4 is 16.4 Å². The van der Waals surface area contributed by atoms with E-state index >= 15 is 0 Å². The van der Waals surface area contributed by atoms with Crippen LogP contribution in [0.4, 0.5) is 0 Å². The van der Waals surface area contributed by atoms with Gasteiger partial charge in [-0.05, 0) is 12.0 Å². The molecule has 166 valence electrons. The summed E-state index contributed by atoms with van der Waals surface area (Å²) in [5.41, 5.74) is 1.40. The van der Waals surface area contributed by atoms with Crippen molar-refractivity contribution in [2.24, 2.45) is 11.6 Å². The van der Waals surface area contributed by atoms with Crippen molar-refractivity contribution in [3.05, 3.63) is 42.0 Å². The van der Waals surface area contributed by atoms with Gasteiger partial charge < -0.3 is 20.0 Å². The van der Waals surface area contributed by atoms with Crippen LogP contribution in [0, 0.1) is 0 Å². The van der Waals surface area contributed by atoms with Crippen molar-refractivity contribution in [3.8, 4) is 0 Å². The van der Waals surface area contributed by atoms with Gasteiger partial charge in [0.25, 0.3) is 5.54 Å². The van der Waals surface area contributed by atoms with Gasteiger partial charge in [0, 0.05) is 19.1 Å². The van der Waals surface area contributed by atoms with E-state index in [4.69, 9.17) is 21.1 Å². The number of ether oxygens (including phenoxy) is 2. The van der Waals surface area contributed by atoms with E-state index in [0.717, 1.165) is 6.08 Å². The predicted molar refractivity (Wildman–Crippen MR) is 105 cm³/mol. The van der Waals surface area contributed by atoms with Crippen molar-refractivity contribution in [1.82, 2.24) is 4.72 Å². The Labute approximate surface area is 175 Å². The van der Waals surface area contributed by atoms with E-state index in [2.05, 4.69) is 4.84 Å². The summed E-state index contributed by atoms with van der Waals surface area (Å²) in [5, 5.41) is 0. The smallest absolute Gasteiger partial charge is 0.362 e. The van der Waals surface area contributed by atoms with Gasteiger partial charge in [0.15, 0.2) is 5.72 Å². The lowest BCUT2D eigenvalue weighted by Crippen LogP contribution is -2.77. The molecule has 11 nitrogen and oxygen atoms in total. The molecule has 0 aliphatic rings. The summed E-state index contributed by atoms with van der Waals surface area (Å²) in [5.74, 6) is 3.42. The SMILES string of the molecule is CCCCOC(N)(CC=C=O)[C@@](N[SH](=O)=O)(C(=O)ON)C(=O)OCc1ccccc1. The molecular formula is C18H25N3O8S. The van der Waals surface area contributed by atoms with Gasteiger partial charge in [-0.15, -0.1) is 0 Å². The minimum Gasteiger partial charge on any atom is -0.459 e. The van der Waals surface area contributed by atoms with Crippen LogP contribution in [0.2, 0.25) is 0 Å². The number of thiol groups is 1. The largest absolute Gasteiger partial charge is 0.459 e. The second-order valence-corrected chi connectivity index (χ2v) is 6.94. The van der Waals surface area contributed by atoms with E-state index in [1.165, 1.54) is 5.94 Å². The molecule has 0 saturated heterocycles. The number of esters is 1. The maximum Gasteiger partial charge on any atom is 0.362 e. The molecule has 1 aromatic rings. The Balaban J connectivity index is 3.47. The summed E-state index contributed by atoms with van der Waals surface area (Å²) in [6.07, 6.45) is 1.39. The van der Waals surface area contributed by atoms with Gasteiger partial charge in [-0.3, -0.25) is 0 Å². The number of carbonyl (C=O) groups is 2. The van der Waals surface area contributed by atoms with Crippen molar-refractivity contribution in [1.29, 1.82) is 0 Å². The Hall–Kier alpha value is -2.60. The first-order valence-electron chi connectivity index (χ1n) is 8.94. The van der Waals surface area contributed by atoms with Crippen molar-refractivity contribution in [2.45, 2.75) is 44.1 Å². The summed E-state index contributed by atoms with van der Waals surface area (Å²) < 4.78 is 35.5. The molecule has 0 amide bonds. The molecule has 0 saturated carbocycles. The van der Waals surface area contributed by atoms with Gasteiger partial charge in [-0.1, -0.05) is 43.7 Å². The minimum atomic E-state index is -3.60. The lowest BCUT2D eigenvalue weighted by atomic mass is 9.84. The summed E-state index contributed by atoms with van der Waals surface area (Å²) in [7, 11) is -3.60. The normalized spacial score (nSPS) is 14.8. The third-order valence-electron chi connectivity index (χ3n) is 4.17. The molecule has 1 unspecified atom stereocenters. The molecule has 0 radical (unpaired) electrons. The Kier molecular flexibility index (Phi) is 10.3. The zero-order valence-electron chi connectivity index (χ0n) is 16.4. The molecule has 0 aliphatic heterocycles. The van der Waals surface area contributed by atoms with Gasteiger partial charge in [-0.2, -0.15) is 10.6 Å². The zero-order chi connectivity index (χ0) is 22.6. The van der Waals surface area contributed by atoms with Crippen LogP contribution in [-0.2, 0) is 46.2 Å². The van der Waals surface area contributed by atoms with Gasteiger partial charge in [0.1, 0.15) is 12.5 Å². The Morgan fingerprint density at radius 2 is 1.90 bits per heavy atom. The molecule has 0 aliphatic carbocycles. The van der Waals surface area contributed by atoms with Crippen molar-refractivity contribution < 1.29 is 37.1 Å². The monoisotopic (exact) mass is 443 g/mol. The molecule has 0 bridgehead atoms. The third-order valence-corrected chi connectivity index (χ3v) is 4.69. The fourth-order valence-electron chi connectivity index (χ4n) is 2.58. The minimum absolute atomic E-state index is 0.0669. The lowest BCUT2D eigenvalue weighted by molar-refractivity contribution is -0.188. The first-order valence-corrected chi connectivity index (χ1v) is 10.1. The van der Waals surface area contributed by atoms with Crippen LogP contribution in [0.1, 0.15) is 31.7 Å². The molecule has 0 spiro atoms. The molecule has 0 fully saturated rings. The fourth-order valence-corrected chi connectivity index (χ4v) is 3.23. The van der Waals surface area contributed by atoms with E-state index in [0.29, 0.717) is 18.4 Å². The Morgan fingerprint density at radius 3 is 2.43 bits per heavy atom. The van der Waals surface area contributed by atoms with Crippen molar-refractivity contribution >= 4 is 28.8 Å². The number of carbonyl (C=O) groups excluding carboxylic acids is 3. The van der Waals surface area contributed by atoms with Crippen molar-refractivity contribution in [3.63, 3.8) is 0 Å². The molecule has 1 aromatic carbocycles. The summed E-state index contributed by atoms with van der Waals surface area (Å²) >= 11 is 0. The number of unbranched alkanes of at least 4 members (excludes halogenated alkanes) is 1. The van der Waals surface area contributed by atoms with E-state index in [-0.39, 0.29) is 13.2 Å².